The van der Waals surface area contributed by atoms with Gasteiger partial charge in [-0.3, -0.25) is 0 Å². The van der Waals surface area contributed by atoms with Gasteiger partial charge in [0.1, 0.15) is 0 Å². The van der Waals surface area contributed by atoms with Crippen molar-refractivity contribution in [3.63, 3.8) is 0 Å². The summed E-state index contributed by atoms with van der Waals surface area (Å²) >= 11 is 0. The fourth-order valence-electron chi connectivity index (χ4n) is 2.95. The molecule has 1 aromatic carbocycles. The van der Waals surface area contributed by atoms with Crippen molar-refractivity contribution in [1.82, 2.24) is 5.32 Å². The van der Waals surface area contributed by atoms with Gasteiger partial charge in [-0.2, -0.15) is 0 Å². The molecular weight excluding hydrogens is 238 g/mol. The Morgan fingerprint density at radius 1 is 1.32 bits per heavy atom. The van der Waals surface area contributed by atoms with Crippen molar-refractivity contribution in [1.29, 1.82) is 0 Å². The van der Waals surface area contributed by atoms with Gasteiger partial charge >= 0.3 is 0 Å². The van der Waals surface area contributed by atoms with Gasteiger partial charge in [0.2, 0.25) is 0 Å². The molecule has 2 rings (SSSR count). The van der Waals surface area contributed by atoms with Crippen LogP contribution in [0, 0.1) is 5.92 Å². The molecule has 0 saturated heterocycles. The van der Waals surface area contributed by atoms with E-state index >= 15 is 0 Å². The van der Waals surface area contributed by atoms with Gasteiger partial charge in [0.25, 0.3) is 0 Å². The molecule has 106 valence electrons. The number of phenols is 1. The van der Waals surface area contributed by atoms with Gasteiger partial charge in [-0.1, -0.05) is 31.4 Å². The van der Waals surface area contributed by atoms with Gasteiger partial charge < -0.3 is 15.2 Å². The molecule has 1 aliphatic carbocycles. The number of hydrogen-bond donors (Lipinski definition) is 2. The fraction of sp³-hybridized carbons (Fsp3) is 0.625. The molecular formula is C16H25NO2. The second-order valence-corrected chi connectivity index (χ2v) is 5.54. The van der Waals surface area contributed by atoms with E-state index in [1.165, 1.54) is 32.1 Å². The van der Waals surface area contributed by atoms with E-state index in [4.69, 9.17) is 4.74 Å². The molecule has 3 heteroatoms. The summed E-state index contributed by atoms with van der Waals surface area (Å²) in [7, 11) is 1.58. The maximum Gasteiger partial charge on any atom is 0.162 e. The highest BCUT2D eigenvalue weighted by Crippen LogP contribution is 2.30. The van der Waals surface area contributed by atoms with Crippen LogP contribution in [0.4, 0.5) is 0 Å². The predicted molar refractivity (Wildman–Crippen MR) is 77.5 cm³/mol. The number of para-hydroxylation sites is 1. The van der Waals surface area contributed by atoms with Crippen molar-refractivity contribution in [2.75, 3.05) is 7.11 Å². The number of phenolic OH excluding ortho intramolecular Hbond substituents is 1. The average Bonchev–Trinajstić information content (AvgIpc) is 2.47. The van der Waals surface area contributed by atoms with Crippen LogP contribution in [0.2, 0.25) is 0 Å². The Bertz CT molecular complexity index is 400. The van der Waals surface area contributed by atoms with Crippen molar-refractivity contribution >= 4 is 0 Å². The zero-order valence-corrected chi connectivity index (χ0v) is 12.0. The Morgan fingerprint density at radius 3 is 2.74 bits per heavy atom. The van der Waals surface area contributed by atoms with Crippen LogP contribution in [-0.4, -0.2) is 18.3 Å². The largest absolute Gasteiger partial charge is 0.504 e. The quantitative estimate of drug-likeness (QED) is 0.855. The molecule has 1 aliphatic rings. The van der Waals surface area contributed by atoms with E-state index in [9.17, 15) is 5.11 Å². The van der Waals surface area contributed by atoms with Crippen LogP contribution in [0.3, 0.4) is 0 Å². The minimum Gasteiger partial charge on any atom is -0.504 e. The fourth-order valence-corrected chi connectivity index (χ4v) is 2.95. The van der Waals surface area contributed by atoms with E-state index < -0.39 is 0 Å². The van der Waals surface area contributed by atoms with E-state index in [-0.39, 0.29) is 5.75 Å². The smallest absolute Gasteiger partial charge is 0.162 e. The van der Waals surface area contributed by atoms with Crippen molar-refractivity contribution in [2.45, 2.75) is 51.6 Å². The Morgan fingerprint density at radius 2 is 2.05 bits per heavy atom. The van der Waals surface area contributed by atoms with Crippen LogP contribution in [0.5, 0.6) is 11.5 Å². The van der Waals surface area contributed by atoms with Crippen molar-refractivity contribution in [2.24, 2.45) is 5.92 Å². The maximum atomic E-state index is 10.0. The summed E-state index contributed by atoms with van der Waals surface area (Å²) in [5.41, 5.74) is 0.905. The van der Waals surface area contributed by atoms with Crippen LogP contribution < -0.4 is 10.1 Å². The lowest BCUT2D eigenvalue weighted by Gasteiger charge is -2.28. The number of aromatic hydroxyl groups is 1. The van der Waals surface area contributed by atoms with Gasteiger partial charge in [-0.05, 0) is 31.7 Å². The summed E-state index contributed by atoms with van der Waals surface area (Å²) in [4.78, 5) is 0. The lowest BCUT2D eigenvalue weighted by atomic mass is 9.84. The summed E-state index contributed by atoms with van der Waals surface area (Å²) in [6.45, 7) is 2.95. The third-order valence-electron chi connectivity index (χ3n) is 4.27. The Balaban J connectivity index is 1.91. The van der Waals surface area contributed by atoms with E-state index in [2.05, 4.69) is 12.2 Å². The van der Waals surface area contributed by atoms with Crippen LogP contribution in [0.15, 0.2) is 18.2 Å². The highest BCUT2D eigenvalue weighted by molar-refractivity contribution is 5.45. The van der Waals surface area contributed by atoms with E-state index in [0.717, 1.165) is 11.5 Å². The predicted octanol–water partition coefficient (Wildman–Crippen LogP) is 3.46. The van der Waals surface area contributed by atoms with Gasteiger partial charge in [-0.15, -0.1) is 0 Å². The normalized spacial score (nSPS) is 18.2. The zero-order valence-electron chi connectivity index (χ0n) is 12.0. The summed E-state index contributed by atoms with van der Waals surface area (Å²) in [5, 5.41) is 13.6. The summed E-state index contributed by atoms with van der Waals surface area (Å²) in [6, 6.07) is 6.15. The number of benzene rings is 1. The van der Waals surface area contributed by atoms with E-state index in [0.29, 0.717) is 18.3 Å². The highest BCUT2D eigenvalue weighted by Gasteiger charge is 2.19. The number of methoxy groups -OCH3 is 1. The third-order valence-corrected chi connectivity index (χ3v) is 4.27. The molecule has 19 heavy (non-hydrogen) atoms. The van der Waals surface area contributed by atoms with E-state index in [1.807, 2.05) is 12.1 Å². The second-order valence-electron chi connectivity index (χ2n) is 5.54. The van der Waals surface area contributed by atoms with Gasteiger partial charge in [0, 0.05) is 18.2 Å². The molecule has 1 aromatic rings. The van der Waals surface area contributed by atoms with Crippen LogP contribution >= 0.6 is 0 Å². The Hall–Kier alpha value is -1.22. The SMILES string of the molecule is COc1cccc(CN[C@@H](C)C2CCCCC2)c1O. The Labute approximate surface area is 116 Å². The number of nitrogens with one attached hydrogen (secondary N) is 1. The molecule has 0 heterocycles. The second kappa shape index (κ2) is 6.80. The lowest BCUT2D eigenvalue weighted by Crippen LogP contribution is -2.34. The molecule has 3 nitrogen and oxygen atoms in total. The molecule has 2 N–H and O–H groups in total. The molecule has 1 saturated carbocycles. The number of hydrogen-bond acceptors (Lipinski definition) is 3. The van der Waals surface area contributed by atoms with Crippen LogP contribution in [-0.2, 0) is 6.54 Å². The molecule has 1 fully saturated rings. The first-order valence-corrected chi connectivity index (χ1v) is 7.30. The van der Waals surface area contributed by atoms with Crippen molar-refractivity contribution in [3.05, 3.63) is 23.8 Å². The minimum atomic E-state index is 0.258. The first kappa shape index (κ1) is 14.2. The molecule has 0 spiro atoms. The van der Waals surface area contributed by atoms with E-state index in [1.54, 1.807) is 13.2 Å². The zero-order chi connectivity index (χ0) is 13.7. The minimum absolute atomic E-state index is 0.258. The Kier molecular flexibility index (Phi) is 5.08. The molecule has 0 aromatic heterocycles. The average molecular weight is 263 g/mol. The molecule has 0 bridgehead atoms. The molecule has 0 aliphatic heterocycles. The monoisotopic (exact) mass is 263 g/mol. The summed E-state index contributed by atoms with van der Waals surface area (Å²) in [5.74, 6) is 1.58. The van der Waals surface area contributed by atoms with Gasteiger partial charge in [-0.25, -0.2) is 0 Å². The maximum absolute atomic E-state index is 10.0. The van der Waals surface area contributed by atoms with Crippen molar-refractivity contribution < 1.29 is 9.84 Å². The molecule has 0 amide bonds. The molecule has 0 unspecified atom stereocenters. The first-order valence-electron chi connectivity index (χ1n) is 7.30. The number of ether oxygens (including phenoxy) is 1. The lowest BCUT2D eigenvalue weighted by molar-refractivity contribution is 0.279. The van der Waals surface area contributed by atoms with Crippen molar-refractivity contribution in [3.8, 4) is 11.5 Å². The molecule has 1 atom stereocenters. The van der Waals surface area contributed by atoms with Gasteiger partial charge in [0.15, 0.2) is 11.5 Å². The van der Waals surface area contributed by atoms with Gasteiger partial charge in [0.05, 0.1) is 7.11 Å². The third kappa shape index (κ3) is 3.63. The summed E-state index contributed by atoms with van der Waals surface area (Å²) in [6.07, 6.45) is 6.78. The number of rotatable bonds is 5. The highest BCUT2D eigenvalue weighted by atomic mass is 16.5. The van der Waals surface area contributed by atoms with Crippen LogP contribution in [0.25, 0.3) is 0 Å². The first-order chi connectivity index (χ1) is 9.22. The topological polar surface area (TPSA) is 41.5 Å². The summed E-state index contributed by atoms with van der Waals surface area (Å²) < 4.78 is 5.13. The standard InChI is InChI=1S/C16H25NO2/c1-12(13-7-4-3-5-8-13)17-11-14-9-6-10-15(19-2)16(14)18/h6,9-10,12-13,17-18H,3-5,7-8,11H2,1-2H3/t12-/m0/s1. The van der Waals surface area contributed by atoms with Crippen LogP contribution in [0.1, 0.15) is 44.6 Å². The molecule has 0 radical (unpaired) electrons.